The summed E-state index contributed by atoms with van der Waals surface area (Å²) in [6.07, 6.45) is 2.67. The quantitative estimate of drug-likeness (QED) is 0.862. The monoisotopic (exact) mass is 282 g/mol. The van der Waals surface area contributed by atoms with Gasteiger partial charge in [0, 0.05) is 0 Å². The minimum absolute atomic E-state index is 0.657. The average molecular weight is 283 g/mol. The molecule has 0 spiro atoms. The number of hydrogen-bond donors (Lipinski definition) is 1. The number of nitrogens with one attached hydrogen (secondary N) is 1. The molecule has 0 amide bonds. The molecule has 1 heterocycles. The molecular formula is C13H15ClN2OS. The first kappa shape index (κ1) is 13.2. The molecule has 0 aliphatic carbocycles. The molecule has 96 valence electrons. The predicted octanol–water partition coefficient (Wildman–Crippen LogP) is 4.20. The Labute approximate surface area is 116 Å². The summed E-state index contributed by atoms with van der Waals surface area (Å²) in [7, 11) is 0. The van der Waals surface area contributed by atoms with E-state index in [1.54, 1.807) is 6.20 Å². The number of rotatable bonds is 6. The summed E-state index contributed by atoms with van der Waals surface area (Å²) in [6, 6.07) is 7.92. The van der Waals surface area contributed by atoms with Gasteiger partial charge in [-0.1, -0.05) is 30.7 Å². The summed E-state index contributed by atoms with van der Waals surface area (Å²) in [4.78, 5) is 4.21. The van der Waals surface area contributed by atoms with E-state index in [0.717, 1.165) is 29.5 Å². The van der Waals surface area contributed by atoms with Gasteiger partial charge in [0.05, 0.1) is 25.0 Å². The van der Waals surface area contributed by atoms with E-state index in [-0.39, 0.29) is 0 Å². The minimum atomic E-state index is 0.657. The third-order valence-corrected chi connectivity index (χ3v) is 3.42. The number of ether oxygens (including phenoxy) is 1. The van der Waals surface area contributed by atoms with Crippen LogP contribution in [0, 0.1) is 0 Å². The molecule has 0 atom stereocenters. The Bertz CT molecular complexity index is 501. The van der Waals surface area contributed by atoms with Gasteiger partial charge < -0.3 is 10.1 Å². The minimum Gasteiger partial charge on any atom is -0.491 e. The Balaban J connectivity index is 1.99. The van der Waals surface area contributed by atoms with Crippen molar-refractivity contribution in [1.82, 2.24) is 4.98 Å². The first-order chi connectivity index (χ1) is 8.79. The topological polar surface area (TPSA) is 34.1 Å². The molecule has 0 aliphatic heterocycles. The van der Waals surface area contributed by atoms with Crippen LogP contribution in [0.1, 0.15) is 18.4 Å². The van der Waals surface area contributed by atoms with Crippen LogP contribution in [0.25, 0.3) is 0 Å². The molecule has 0 aliphatic rings. The van der Waals surface area contributed by atoms with Crippen LogP contribution in [-0.2, 0) is 6.54 Å². The molecule has 0 saturated carbocycles. The van der Waals surface area contributed by atoms with Crippen LogP contribution in [0.3, 0.4) is 0 Å². The van der Waals surface area contributed by atoms with Crippen LogP contribution < -0.4 is 10.1 Å². The van der Waals surface area contributed by atoms with Gasteiger partial charge in [0.1, 0.15) is 15.1 Å². The molecule has 2 rings (SSSR count). The van der Waals surface area contributed by atoms with Gasteiger partial charge in [0.25, 0.3) is 0 Å². The Morgan fingerprint density at radius 1 is 1.39 bits per heavy atom. The van der Waals surface area contributed by atoms with Crippen molar-refractivity contribution >= 4 is 28.6 Å². The van der Waals surface area contributed by atoms with Crippen molar-refractivity contribution in [2.75, 3.05) is 11.9 Å². The van der Waals surface area contributed by atoms with E-state index in [1.807, 2.05) is 24.3 Å². The molecule has 3 nitrogen and oxygen atoms in total. The predicted molar refractivity (Wildman–Crippen MR) is 76.7 cm³/mol. The number of aromatic nitrogens is 1. The number of anilines is 1. The summed E-state index contributed by atoms with van der Waals surface area (Å²) in [6.45, 7) is 3.47. The lowest BCUT2D eigenvalue weighted by atomic mass is 10.3. The highest BCUT2D eigenvalue weighted by molar-refractivity contribution is 7.15. The standard InChI is InChI=1S/C13H15ClN2OS/c1-2-7-17-11-6-4-3-5-10(11)15-9-13-16-8-12(14)18-13/h3-6,8,15H,2,7,9H2,1H3. The maximum absolute atomic E-state index is 5.85. The fraction of sp³-hybridized carbons (Fsp3) is 0.308. The molecule has 0 fully saturated rings. The van der Waals surface area contributed by atoms with E-state index in [4.69, 9.17) is 16.3 Å². The highest BCUT2D eigenvalue weighted by atomic mass is 35.5. The van der Waals surface area contributed by atoms with Crippen molar-refractivity contribution < 1.29 is 4.74 Å². The molecule has 0 unspecified atom stereocenters. The number of nitrogens with zero attached hydrogens (tertiary/aromatic N) is 1. The van der Waals surface area contributed by atoms with Crippen LogP contribution in [0.4, 0.5) is 5.69 Å². The molecule has 0 bridgehead atoms. The molecule has 1 N–H and O–H groups in total. The number of benzene rings is 1. The van der Waals surface area contributed by atoms with Crippen molar-refractivity contribution in [1.29, 1.82) is 0 Å². The van der Waals surface area contributed by atoms with Crippen molar-refractivity contribution in [2.24, 2.45) is 0 Å². The first-order valence-corrected chi connectivity index (χ1v) is 7.05. The SMILES string of the molecule is CCCOc1ccccc1NCc1ncc(Cl)s1. The van der Waals surface area contributed by atoms with Crippen molar-refractivity contribution in [2.45, 2.75) is 19.9 Å². The molecule has 18 heavy (non-hydrogen) atoms. The van der Waals surface area contributed by atoms with Gasteiger partial charge in [-0.3, -0.25) is 0 Å². The lowest BCUT2D eigenvalue weighted by molar-refractivity contribution is 0.319. The van der Waals surface area contributed by atoms with Crippen molar-refractivity contribution in [3.05, 3.63) is 39.8 Å². The summed E-state index contributed by atoms with van der Waals surface area (Å²) in [5.41, 5.74) is 0.984. The summed E-state index contributed by atoms with van der Waals surface area (Å²) in [5, 5.41) is 4.28. The number of hydrogen-bond acceptors (Lipinski definition) is 4. The fourth-order valence-electron chi connectivity index (χ4n) is 1.49. The normalized spacial score (nSPS) is 10.3. The zero-order valence-electron chi connectivity index (χ0n) is 10.1. The van der Waals surface area contributed by atoms with E-state index in [9.17, 15) is 0 Å². The fourth-order valence-corrected chi connectivity index (χ4v) is 2.39. The largest absolute Gasteiger partial charge is 0.491 e. The average Bonchev–Trinajstić information content (AvgIpc) is 2.81. The summed E-state index contributed by atoms with van der Waals surface area (Å²) in [5.74, 6) is 0.877. The van der Waals surface area contributed by atoms with Gasteiger partial charge in [-0.2, -0.15) is 0 Å². The molecule has 0 saturated heterocycles. The van der Waals surface area contributed by atoms with E-state index >= 15 is 0 Å². The maximum Gasteiger partial charge on any atom is 0.142 e. The van der Waals surface area contributed by atoms with Crippen LogP contribution in [0.15, 0.2) is 30.5 Å². The van der Waals surface area contributed by atoms with Crippen molar-refractivity contribution in [3.8, 4) is 5.75 Å². The van der Waals surface area contributed by atoms with Crippen LogP contribution in [-0.4, -0.2) is 11.6 Å². The Morgan fingerprint density at radius 3 is 2.94 bits per heavy atom. The van der Waals surface area contributed by atoms with Crippen LogP contribution >= 0.6 is 22.9 Å². The van der Waals surface area contributed by atoms with Gasteiger partial charge >= 0.3 is 0 Å². The van der Waals surface area contributed by atoms with Crippen LogP contribution in [0.2, 0.25) is 4.34 Å². The third kappa shape index (κ3) is 3.62. The summed E-state index contributed by atoms with van der Waals surface area (Å²) >= 11 is 7.33. The smallest absolute Gasteiger partial charge is 0.142 e. The Kier molecular flexibility index (Phi) is 4.84. The van der Waals surface area contributed by atoms with E-state index in [2.05, 4.69) is 17.2 Å². The van der Waals surface area contributed by atoms with Gasteiger partial charge in [-0.15, -0.1) is 11.3 Å². The van der Waals surface area contributed by atoms with Gasteiger partial charge in [0.2, 0.25) is 0 Å². The molecule has 1 aromatic heterocycles. The second-order valence-electron chi connectivity index (χ2n) is 3.76. The zero-order valence-corrected chi connectivity index (χ0v) is 11.7. The number of halogens is 1. The highest BCUT2D eigenvalue weighted by Gasteiger charge is 2.04. The maximum atomic E-state index is 5.85. The third-order valence-electron chi connectivity index (χ3n) is 2.30. The van der Waals surface area contributed by atoms with Crippen LogP contribution in [0.5, 0.6) is 5.75 Å². The number of para-hydroxylation sites is 2. The second kappa shape index (κ2) is 6.61. The molecule has 5 heteroatoms. The Hall–Kier alpha value is -1.26. The zero-order chi connectivity index (χ0) is 12.8. The Morgan fingerprint density at radius 2 is 2.22 bits per heavy atom. The second-order valence-corrected chi connectivity index (χ2v) is 5.50. The summed E-state index contributed by atoms with van der Waals surface area (Å²) < 4.78 is 6.38. The highest BCUT2D eigenvalue weighted by Crippen LogP contribution is 2.25. The van der Waals surface area contributed by atoms with Gasteiger partial charge in [-0.05, 0) is 18.6 Å². The van der Waals surface area contributed by atoms with Crippen molar-refractivity contribution in [3.63, 3.8) is 0 Å². The van der Waals surface area contributed by atoms with Gasteiger partial charge in [-0.25, -0.2) is 4.98 Å². The van der Waals surface area contributed by atoms with Gasteiger partial charge in [0.15, 0.2) is 0 Å². The van der Waals surface area contributed by atoms with E-state index in [0.29, 0.717) is 10.9 Å². The molecule has 0 radical (unpaired) electrons. The molecule has 1 aromatic carbocycles. The number of thiazole rings is 1. The molecule has 2 aromatic rings. The van der Waals surface area contributed by atoms with E-state index < -0.39 is 0 Å². The lowest BCUT2D eigenvalue weighted by Crippen LogP contribution is -2.03. The van der Waals surface area contributed by atoms with E-state index in [1.165, 1.54) is 11.3 Å². The lowest BCUT2D eigenvalue weighted by Gasteiger charge is -2.11. The first-order valence-electron chi connectivity index (χ1n) is 5.85. The molecular weight excluding hydrogens is 268 g/mol.